The highest BCUT2D eigenvalue weighted by atomic mass is 19.1. The van der Waals surface area contributed by atoms with Gasteiger partial charge in [0.25, 0.3) is 0 Å². The van der Waals surface area contributed by atoms with Crippen molar-refractivity contribution in [2.24, 2.45) is 0 Å². The van der Waals surface area contributed by atoms with Crippen LogP contribution in [0.2, 0.25) is 0 Å². The Kier molecular flexibility index (Phi) is 2.45. The van der Waals surface area contributed by atoms with Gasteiger partial charge in [0.15, 0.2) is 11.5 Å². The number of anilines is 1. The molecular formula is C13H12FN5. The summed E-state index contributed by atoms with van der Waals surface area (Å²) in [7, 11) is 0. The zero-order valence-corrected chi connectivity index (χ0v) is 10.6. The third-order valence-electron chi connectivity index (χ3n) is 2.98. The summed E-state index contributed by atoms with van der Waals surface area (Å²) >= 11 is 0. The minimum atomic E-state index is -0.466. The second-order valence-corrected chi connectivity index (χ2v) is 4.36. The molecule has 0 saturated heterocycles. The molecule has 2 heterocycles. The lowest BCUT2D eigenvalue weighted by molar-refractivity contribution is 0.633. The molecule has 0 unspecified atom stereocenters. The first-order chi connectivity index (χ1) is 9.08. The lowest BCUT2D eigenvalue weighted by Gasteiger charge is -2.07. The Morgan fingerprint density at radius 2 is 2.00 bits per heavy atom. The maximum absolute atomic E-state index is 13.5. The summed E-state index contributed by atoms with van der Waals surface area (Å²) in [5, 5.41) is 8.18. The molecule has 0 fully saturated rings. The number of rotatable bonds is 1. The average Bonchev–Trinajstić information content (AvgIpc) is 2.76. The molecule has 0 aliphatic rings. The van der Waals surface area contributed by atoms with E-state index in [0.717, 1.165) is 11.5 Å². The maximum Gasteiger partial charge on any atom is 0.171 e. The number of benzene rings is 1. The van der Waals surface area contributed by atoms with E-state index in [1.807, 2.05) is 19.9 Å². The van der Waals surface area contributed by atoms with Crippen molar-refractivity contribution < 1.29 is 4.39 Å². The molecule has 2 N–H and O–H groups in total. The molecule has 0 bridgehead atoms. The van der Waals surface area contributed by atoms with Crippen LogP contribution >= 0.6 is 0 Å². The molecule has 3 aromatic rings. The molecule has 0 atom stereocenters. The molecular weight excluding hydrogens is 245 g/mol. The van der Waals surface area contributed by atoms with Gasteiger partial charge in [-0.3, -0.25) is 4.40 Å². The number of para-hydroxylation sites is 1. The standard InChI is InChI=1S/C13H12FN5/c1-7-6-11-17-18-13(19(11)8(2)16-7)9-4-3-5-10(14)12(9)15/h3-6H,15H2,1-2H3. The van der Waals surface area contributed by atoms with Crippen molar-refractivity contribution in [2.45, 2.75) is 13.8 Å². The zero-order valence-electron chi connectivity index (χ0n) is 10.6. The SMILES string of the molecule is Cc1cc2nnc(-c3cccc(F)c3N)n2c(C)n1. The minimum absolute atomic E-state index is 0.0665. The number of aromatic nitrogens is 4. The van der Waals surface area contributed by atoms with E-state index in [2.05, 4.69) is 15.2 Å². The second kappa shape index (κ2) is 4.01. The van der Waals surface area contributed by atoms with Gasteiger partial charge in [-0.25, -0.2) is 9.37 Å². The zero-order chi connectivity index (χ0) is 13.6. The van der Waals surface area contributed by atoms with Crippen LogP contribution in [0.3, 0.4) is 0 Å². The van der Waals surface area contributed by atoms with Crippen LogP contribution in [0.5, 0.6) is 0 Å². The predicted molar refractivity (Wildman–Crippen MR) is 70.1 cm³/mol. The molecule has 96 valence electrons. The van der Waals surface area contributed by atoms with Gasteiger partial charge in [-0.2, -0.15) is 0 Å². The quantitative estimate of drug-likeness (QED) is 0.678. The van der Waals surface area contributed by atoms with Gasteiger partial charge in [0.05, 0.1) is 5.69 Å². The van der Waals surface area contributed by atoms with E-state index in [-0.39, 0.29) is 5.69 Å². The van der Waals surface area contributed by atoms with Crippen molar-refractivity contribution in [1.82, 2.24) is 19.6 Å². The van der Waals surface area contributed by atoms with E-state index in [0.29, 0.717) is 17.0 Å². The number of halogens is 1. The molecule has 0 spiro atoms. The third kappa shape index (κ3) is 1.72. The number of fused-ring (bicyclic) bond motifs is 1. The molecule has 0 saturated carbocycles. The second-order valence-electron chi connectivity index (χ2n) is 4.36. The van der Waals surface area contributed by atoms with Crippen LogP contribution in [-0.2, 0) is 0 Å². The summed E-state index contributed by atoms with van der Waals surface area (Å²) in [6, 6.07) is 6.45. The number of hydrogen-bond donors (Lipinski definition) is 1. The van der Waals surface area contributed by atoms with Crippen LogP contribution in [-0.4, -0.2) is 19.6 Å². The predicted octanol–water partition coefficient (Wildman–Crippen LogP) is 2.13. The van der Waals surface area contributed by atoms with Gasteiger partial charge in [0, 0.05) is 17.3 Å². The fourth-order valence-electron chi connectivity index (χ4n) is 2.14. The first kappa shape index (κ1) is 11.6. The monoisotopic (exact) mass is 257 g/mol. The summed E-state index contributed by atoms with van der Waals surface area (Å²) in [6.07, 6.45) is 0. The van der Waals surface area contributed by atoms with Crippen molar-refractivity contribution in [3.63, 3.8) is 0 Å². The lowest BCUT2D eigenvalue weighted by Crippen LogP contribution is -2.02. The summed E-state index contributed by atoms with van der Waals surface area (Å²) in [6.45, 7) is 3.74. The van der Waals surface area contributed by atoms with Crippen LogP contribution in [0.15, 0.2) is 24.3 Å². The van der Waals surface area contributed by atoms with E-state index in [1.165, 1.54) is 6.07 Å². The van der Waals surface area contributed by atoms with Crippen molar-refractivity contribution in [2.75, 3.05) is 5.73 Å². The van der Waals surface area contributed by atoms with E-state index in [9.17, 15) is 4.39 Å². The highest BCUT2D eigenvalue weighted by Crippen LogP contribution is 2.27. The van der Waals surface area contributed by atoms with Gasteiger partial charge >= 0.3 is 0 Å². The number of nitrogen functional groups attached to an aromatic ring is 1. The van der Waals surface area contributed by atoms with Gasteiger partial charge in [0.1, 0.15) is 11.6 Å². The Labute approximate surface area is 108 Å². The Hall–Kier alpha value is -2.50. The van der Waals surface area contributed by atoms with Crippen molar-refractivity contribution in [1.29, 1.82) is 0 Å². The van der Waals surface area contributed by atoms with Crippen LogP contribution in [0, 0.1) is 19.7 Å². The topological polar surface area (TPSA) is 69.1 Å². The van der Waals surface area contributed by atoms with E-state index in [1.54, 1.807) is 16.5 Å². The summed E-state index contributed by atoms with van der Waals surface area (Å²) < 4.78 is 15.3. The van der Waals surface area contributed by atoms with E-state index < -0.39 is 5.82 Å². The first-order valence-corrected chi connectivity index (χ1v) is 5.81. The number of nitrogens with two attached hydrogens (primary N) is 1. The van der Waals surface area contributed by atoms with Crippen molar-refractivity contribution in [3.8, 4) is 11.4 Å². The molecule has 0 aliphatic carbocycles. The summed E-state index contributed by atoms with van der Waals surface area (Å²) in [5.41, 5.74) is 7.88. The van der Waals surface area contributed by atoms with Gasteiger partial charge in [0.2, 0.25) is 0 Å². The molecule has 5 nitrogen and oxygen atoms in total. The summed E-state index contributed by atoms with van der Waals surface area (Å²) in [5.74, 6) is 0.766. The van der Waals surface area contributed by atoms with Crippen LogP contribution in [0.25, 0.3) is 17.0 Å². The fourth-order valence-corrected chi connectivity index (χ4v) is 2.14. The van der Waals surface area contributed by atoms with Crippen LogP contribution in [0.1, 0.15) is 11.5 Å². The Morgan fingerprint density at radius 3 is 2.79 bits per heavy atom. The Bertz CT molecular complexity index is 778. The van der Waals surface area contributed by atoms with Gasteiger partial charge in [-0.05, 0) is 26.0 Å². The highest BCUT2D eigenvalue weighted by Gasteiger charge is 2.15. The fraction of sp³-hybridized carbons (Fsp3) is 0.154. The van der Waals surface area contributed by atoms with E-state index in [4.69, 9.17) is 5.73 Å². The molecule has 1 aromatic carbocycles. The van der Waals surface area contributed by atoms with E-state index >= 15 is 0 Å². The highest BCUT2D eigenvalue weighted by molar-refractivity contribution is 5.73. The average molecular weight is 257 g/mol. The van der Waals surface area contributed by atoms with Crippen LogP contribution in [0.4, 0.5) is 10.1 Å². The molecule has 2 aromatic heterocycles. The van der Waals surface area contributed by atoms with Gasteiger partial charge in [-0.1, -0.05) is 6.07 Å². The third-order valence-corrected chi connectivity index (χ3v) is 2.98. The van der Waals surface area contributed by atoms with Gasteiger partial charge < -0.3 is 5.73 Å². The molecule has 0 radical (unpaired) electrons. The van der Waals surface area contributed by atoms with Crippen LogP contribution < -0.4 is 5.73 Å². The van der Waals surface area contributed by atoms with Crippen molar-refractivity contribution >= 4 is 11.3 Å². The Morgan fingerprint density at radius 1 is 1.21 bits per heavy atom. The van der Waals surface area contributed by atoms with Gasteiger partial charge in [-0.15, -0.1) is 10.2 Å². The molecule has 19 heavy (non-hydrogen) atoms. The maximum atomic E-state index is 13.5. The summed E-state index contributed by atoms with van der Waals surface area (Å²) in [4.78, 5) is 4.36. The number of aryl methyl sites for hydroxylation is 2. The number of hydrogen-bond acceptors (Lipinski definition) is 4. The smallest absolute Gasteiger partial charge is 0.171 e. The Balaban J connectivity index is 2.35. The molecule has 0 amide bonds. The largest absolute Gasteiger partial charge is 0.396 e. The molecule has 6 heteroatoms. The number of nitrogens with zero attached hydrogens (tertiary/aromatic N) is 4. The van der Waals surface area contributed by atoms with Crippen molar-refractivity contribution in [3.05, 3.63) is 41.6 Å². The lowest BCUT2D eigenvalue weighted by atomic mass is 10.1. The normalized spacial score (nSPS) is 11.1. The molecule has 3 rings (SSSR count). The minimum Gasteiger partial charge on any atom is -0.396 e. The molecule has 0 aliphatic heterocycles. The first-order valence-electron chi connectivity index (χ1n) is 5.81.